The van der Waals surface area contributed by atoms with Crippen molar-refractivity contribution in [1.29, 1.82) is 0 Å². The molecule has 0 fully saturated rings. The lowest BCUT2D eigenvalue weighted by molar-refractivity contribution is 0.0991. The first kappa shape index (κ1) is 17.2. The number of carbonyl (C=O) groups is 1. The molecule has 0 spiro atoms. The van der Waals surface area contributed by atoms with Gasteiger partial charge in [-0.15, -0.1) is 0 Å². The van der Waals surface area contributed by atoms with Crippen molar-refractivity contribution in [3.05, 3.63) is 82.0 Å². The van der Waals surface area contributed by atoms with Crippen LogP contribution in [0.2, 0.25) is 0 Å². The Balaban J connectivity index is 1.69. The third-order valence-electron chi connectivity index (χ3n) is 5.13. The van der Waals surface area contributed by atoms with Gasteiger partial charge in [-0.2, -0.15) is 0 Å². The Morgan fingerprint density at radius 2 is 1.96 bits per heavy atom. The highest BCUT2D eigenvalue weighted by Gasteiger charge is 2.27. The summed E-state index contributed by atoms with van der Waals surface area (Å²) in [6, 6.07) is 19.5. The highest BCUT2D eigenvalue weighted by atomic mass is 79.9. The summed E-state index contributed by atoms with van der Waals surface area (Å²) in [7, 11) is 0. The SMILES string of the molecule is Cc1ccc(-c2cc(C(=O)N3CCc4ccccc43)c3cc(Br)ccc3n2)o1. The lowest BCUT2D eigenvalue weighted by Gasteiger charge is -2.19. The summed E-state index contributed by atoms with van der Waals surface area (Å²) in [4.78, 5) is 20.2. The molecular weight excluding hydrogens is 416 g/mol. The predicted octanol–water partition coefficient (Wildman–Crippen LogP) is 5.77. The zero-order chi connectivity index (χ0) is 19.3. The predicted molar refractivity (Wildman–Crippen MR) is 114 cm³/mol. The number of hydrogen-bond acceptors (Lipinski definition) is 3. The highest BCUT2D eigenvalue weighted by Crippen LogP contribution is 2.33. The van der Waals surface area contributed by atoms with Crippen molar-refractivity contribution in [2.75, 3.05) is 11.4 Å². The van der Waals surface area contributed by atoms with Gasteiger partial charge in [0.05, 0.1) is 11.1 Å². The first-order chi connectivity index (χ1) is 13.6. The van der Waals surface area contributed by atoms with Crippen molar-refractivity contribution < 1.29 is 9.21 Å². The Bertz CT molecular complexity index is 1230. The summed E-state index contributed by atoms with van der Waals surface area (Å²) in [6.45, 7) is 2.58. The van der Waals surface area contributed by atoms with E-state index in [0.29, 0.717) is 23.6 Å². The number of nitrogens with zero attached hydrogens (tertiary/aromatic N) is 2. The summed E-state index contributed by atoms with van der Waals surface area (Å²) in [6.07, 6.45) is 0.874. The molecule has 5 rings (SSSR count). The number of aryl methyl sites for hydroxylation is 1. The normalized spacial score (nSPS) is 13.1. The highest BCUT2D eigenvalue weighted by molar-refractivity contribution is 9.10. The van der Waals surface area contributed by atoms with Crippen LogP contribution in [-0.2, 0) is 6.42 Å². The van der Waals surface area contributed by atoms with Crippen LogP contribution >= 0.6 is 15.9 Å². The monoisotopic (exact) mass is 432 g/mol. The van der Waals surface area contributed by atoms with Crippen LogP contribution in [0.15, 0.2) is 69.6 Å². The van der Waals surface area contributed by atoms with Crippen molar-refractivity contribution in [2.45, 2.75) is 13.3 Å². The van der Waals surface area contributed by atoms with Gasteiger partial charge >= 0.3 is 0 Å². The maximum Gasteiger partial charge on any atom is 0.259 e. The topological polar surface area (TPSA) is 46.3 Å². The maximum atomic E-state index is 13.6. The molecule has 0 saturated heterocycles. The molecule has 0 atom stereocenters. The first-order valence-corrected chi connectivity index (χ1v) is 9.96. The number of aromatic nitrogens is 1. The molecule has 28 heavy (non-hydrogen) atoms. The largest absolute Gasteiger partial charge is 0.460 e. The van der Waals surface area contributed by atoms with E-state index in [2.05, 4.69) is 22.0 Å². The van der Waals surface area contributed by atoms with Crippen LogP contribution in [0.4, 0.5) is 5.69 Å². The summed E-state index contributed by atoms with van der Waals surface area (Å²) in [5, 5.41) is 0.829. The summed E-state index contributed by atoms with van der Waals surface area (Å²) < 4.78 is 6.68. The van der Waals surface area contributed by atoms with Gasteiger partial charge in [0.15, 0.2) is 5.76 Å². The molecule has 4 nitrogen and oxygen atoms in total. The standard InChI is InChI=1S/C23H17BrN2O2/c1-14-6-9-22(28-14)20-13-18(17-12-16(24)7-8-19(17)25-20)23(27)26-11-10-15-4-2-3-5-21(15)26/h2-9,12-13H,10-11H2,1H3. The molecule has 3 heterocycles. The van der Waals surface area contributed by atoms with Crippen LogP contribution in [0, 0.1) is 6.92 Å². The molecule has 1 aliphatic rings. The van der Waals surface area contributed by atoms with Gasteiger partial charge in [-0.25, -0.2) is 4.98 Å². The quantitative estimate of drug-likeness (QED) is 0.403. The molecular formula is C23H17BrN2O2. The smallest absolute Gasteiger partial charge is 0.259 e. The lowest BCUT2D eigenvalue weighted by Crippen LogP contribution is -2.29. The number of hydrogen-bond donors (Lipinski definition) is 0. The fraction of sp³-hybridized carbons (Fsp3) is 0.130. The van der Waals surface area contributed by atoms with Crippen LogP contribution < -0.4 is 4.90 Å². The van der Waals surface area contributed by atoms with Crippen LogP contribution in [-0.4, -0.2) is 17.4 Å². The average Bonchev–Trinajstić information content (AvgIpc) is 3.33. The third kappa shape index (κ3) is 2.83. The molecule has 1 aliphatic heterocycles. The van der Waals surface area contributed by atoms with E-state index >= 15 is 0 Å². The van der Waals surface area contributed by atoms with Crippen LogP contribution in [0.25, 0.3) is 22.4 Å². The van der Waals surface area contributed by atoms with E-state index < -0.39 is 0 Å². The van der Waals surface area contributed by atoms with Gasteiger partial charge in [-0.05, 0) is 61.4 Å². The summed E-state index contributed by atoms with van der Waals surface area (Å²) in [5.74, 6) is 1.47. The molecule has 0 unspecified atom stereocenters. The number of amides is 1. The van der Waals surface area contributed by atoms with Gasteiger partial charge in [0.25, 0.3) is 5.91 Å². The zero-order valence-corrected chi connectivity index (χ0v) is 16.9. The van der Waals surface area contributed by atoms with E-state index in [0.717, 1.165) is 33.2 Å². The maximum absolute atomic E-state index is 13.6. The number of carbonyl (C=O) groups excluding carboxylic acids is 1. The first-order valence-electron chi connectivity index (χ1n) is 9.17. The third-order valence-corrected chi connectivity index (χ3v) is 5.62. The number of pyridine rings is 1. The number of benzene rings is 2. The molecule has 0 bridgehead atoms. The van der Waals surface area contributed by atoms with E-state index in [1.807, 2.05) is 66.4 Å². The number of furan rings is 1. The van der Waals surface area contributed by atoms with E-state index in [-0.39, 0.29) is 5.91 Å². The van der Waals surface area contributed by atoms with Crippen molar-refractivity contribution in [3.8, 4) is 11.5 Å². The number of anilines is 1. The number of para-hydroxylation sites is 1. The van der Waals surface area contributed by atoms with Crippen molar-refractivity contribution in [1.82, 2.24) is 4.98 Å². The van der Waals surface area contributed by atoms with E-state index in [1.165, 1.54) is 5.56 Å². The molecule has 0 radical (unpaired) electrons. The average molecular weight is 433 g/mol. The second-order valence-corrected chi connectivity index (χ2v) is 7.88. The molecule has 0 aliphatic carbocycles. The second kappa shape index (κ2) is 6.60. The Morgan fingerprint density at radius 1 is 1.11 bits per heavy atom. The van der Waals surface area contributed by atoms with Gasteiger partial charge in [-0.1, -0.05) is 34.1 Å². The molecule has 1 amide bonds. The molecule has 0 N–H and O–H groups in total. The van der Waals surface area contributed by atoms with Crippen molar-refractivity contribution in [3.63, 3.8) is 0 Å². The molecule has 4 aromatic rings. The van der Waals surface area contributed by atoms with E-state index in [4.69, 9.17) is 9.40 Å². The Hall–Kier alpha value is -2.92. The van der Waals surface area contributed by atoms with Crippen LogP contribution in [0.5, 0.6) is 0 Å². The Morgan fingerprint density at radius 3 is 2.79 bits per heavy atom. The second-order valence-electron chi connectivity index (χ2n) is 6.96. The fourth-order valence-corrected chi connectivity index (χ4v) is 4.13. The summed E-state index contributed by atoms with van der Waals surface area (Å²) in [5.41, 5.74) is 4.26. The zero-order valence-electron chi connectivity index (χ0n) is 15.3. The minimum Gasteiger partial charge on any atom is -0.460 e. The van der Waals surface area contributed by atoms with Gasteiger partial charge < -0.3 is 9.32 Å². The van der Waals surface area contributed by atoms with Gasteiger partial charge in [0.1, 0.15) is 11.5 Å². The Labute approximate surface area is 170 Å². The number of halogens is 1. The molecule has 138 valence electrons. The van der Waals surface area contributed by atoms with E-state index in [1.54, 1.807) is 0 Å². The van der Waals surface area contributed by atoms with Crippen molar-refractivity contribution in [2.24, 2.45) is 0 Å². The molecule has 2 aromatic carbocycles. The molecule has 2 aromatic heterocycles. The fourth-order valence-electron chi connectivity index (χ4n) is 3.77. The van der Waals surface area contributed by atoms with Gasteiger partial charge in [0, 0.05) is 22.1 Å². The van der Waals surface area contributed by atoms with E-state index in [9.17, 15) is 4.79 Å². The number of rotatable bonds is 2. The molecule has 0 saturated carbocycles. The van der Waals surface area contributed by atoms with Gasteiger partial charge in [-0.3, -0.25) is 4.79 Å². The van der Waals surface area contributed by atoms with Gasteiger partial charge in [0.2, 0.25) is 0 Å². The molecule has 5 heteroatoms. The van der Waals surface area contributed by atoms with Crippen LogP contribution in [0.1, 0.15) is 21.7 Å². The lowest BCUT2D eigenvalue weighted by atomic mass is 10.1. The summed E-state index contributed by atoms with van der Waals surface area (Å²) >= 11 is 3.52. The number of fused-ring (bicyclic) bond motifs is 2. The van der Waals surface area contributed by atoms with Crippen LogP contribution in [0.3, 0.4) is 0 Å². The minimum atomic E-state index is -0.0139. The van der Waals surface area contributed by atoms with Crippen molar-refractivity contribution >= 4 is 38.4 Å². The Kier molecular flexibility index (Phi) is 4.05. The minimum absolute atomic E-state index is 0.0139.